The molecule has 1 aliphatic heterocycles. The molecule has 0 radical (unpaired) electrons. The molecule has 1 atom stereocenters. The molecule has 0 N–H and O–H groups in total. The molecule has 0 spiro atoms. The number of methoxy groups -OCH3 is 1. The van der Waals surface area contributed by atoms with Gasteiger partial charge in [-0.05, 0) is 12.3 Å². The van der Waals surface area contributed by atoms with Gasteiger partial charge in [0.1, 0.15) is 6.04 Å². The molecule has 0 aliphatic carbocycles. The number of hydrogen-bond donors (Lipinski definition) is 0. The number of amides is 2. The molecule has 5 nitrogen and oxygen atoms in total. The summed E-state index contributed by atoms with van der Waals surface area (Å²) >= 11 is 0. The van der Waals surface area contributed by atoms with Crippen LogP contribution in [0.5, 0.6) is 0 Å². The van der Waals surface area contributed by atoms with Crippen molar-refractivity contribution in [2.45, 2.75) is 26.3 Å². The second kappa shape index (κ2) is 4.92. The normalized spacial score (nSPS) is 17.1. The molecule has 5 heteroatoms. The van der Waals surface area contributed by atoms with Crippen LogP contribution in [0, 0.1) is 5.92 Å². The van der Waals surface area contributed by atoms with E-state index in [1.54, 1.807) is 0 Å². The molecule has 2 amide bonds. The fourth-order valence-corrected chi connectivity index (χ4v) is 1.61. The number of rotatable bonds is 4. The first-order valence-corrected chi connectivity index (χ1v) is 5.10. The lowest BCUT2D eigenvalue weighted by atomic mass is 10.0. The molecule has 0 aromatic heterocycles. The van der Waals surface area contributed by atoms with Gasteiger partial charge < -0.3 is 4.74 Å². The zero-order valence-corrected chi connectivity index (χ0v) is 9.60. The molecular formula is C11H15NO4. The second-order valence-electron chi connectivity index (χ2n) is 4.05. The Bertz CT molecular complexity index is 328. The van der Waals surface area contributed by atoms with Crippen molar-refractivity contribution in [3.05, 3.63) is 12.2 Å². The van der Waals surface area contributed by atoms with Crippen LogP contribution in [-0.4, -0.2) is 35.8 Å². The lowest BCUT2D eigenvalue weighted by molar-refractivity contribution is -0.156. The Morgan fingerprint density at radius 2 is 1.81 bits per heavy atom. The van der Waals surface area contributed by atoms with Gasteiger partial charge >= 0.3 is 5.97 Å². The van der Waals surface area contributed by atoms with Crippen molar-refractivity contribution in [2.24, 2.45) is 5.92 Å². The zero-order valence-electron chi connectivity index (χ0n) is 9.60. The molecular weight excluding hydrogens is 210 g/mol. The van der Waals surface area contributed by atoms with Gasteiger partial charge in [0.25, 0.3) is 11.8 Å². The Labute approximate surface area is 94.1 Å². The van der Waals surface area contributed by atoms with Crippen LogP contribution in [0.2, 0.25) is 0 Å². The van der Waals surface area contributed by atoms with Crippen molar-refractivity contribution in [3.8, 4) is 0 Å². The van der Waals surface area contributed by atoms with Gasteiger partial charge in [0.2, 0.25) is 0 Å². The highest BCUT2D eigenvalue weighted by Crippen LogP contribution is 2.17. The molecule has 0 fully saturated rings. The highest BCUT2D eigenvalue weighted by atomic mass is 16.5. The molecule has 16 heavy (non-hydrogen) atoms. The third kappa shape index (κ3) is 2.48. The first kappa shape index (κ1) is 12.4. The van der Waals surface area contributed by atoms with E-state index >= 15 is 0 Å². The fourth-order valence-electron chi connectivity index (χ4n) is 1.61. The van der Waals surface area contributed by atoms with E-state index in [4.69, 9.17) is 0 Å². The third-order valence-electron chi connectivity index (χ3n) is 2.32. The summed E-state index contributed by atoms with van der Waals surface area (Å²) in [6, 6.07) is -0.819. The van der Waals surface area contributed by atoms with Crippen LogP contribution in [0.15, 0.2) is 12.2 Å². The Hall–Kier alpha value is -1.65. The number of ether oxygens (including phenoxy) is 1. The van der Waals surface area contributed by atoms with E-state index in [0.29, 0.717) is 6.42 Å². The highest BCUT2D eigenvalue weighted by molar-refractivity contribution is 6.14. The van der Waals surface area contributed by atoms with Crippen molar-refractivity contribution in [1.29, 1.82) is 0 Å². The van der Waals surface area contributed by atoms with E-state index < -0.39 is 23.8 Å². The van der Waals surface area contributed by atoms with Crippen LogP contribution in [-0.2, 0) is 19.1 Å². The summed E-state index contributed by atoms with van der Waals surface area (Å²) < 4.78 is 4.61. The molecule has 1 unspecified atom stereocenters. The molecule has 1 rings (SSSR count). The van der Waals surface area contributed by atoms with Crippen molar-refractivity contribution < 1.29 is 19.1 Å². The quantitative estimate of drug-likeness (QED) is 0.516. The predicted molar refractivity (Wildman–Crippen MR) is 56.3 cm³/mol. The molecule has 0 aromatic rings. The number of hydrogen-bond acceptors (Lipinski definition) is 4. The standard InChI is InChI=1S/C11H15NO4/c1-7(2)6-8(11(15)16-3)12-9(13)4-5-10(12)14/h4-5,7-8H,6H2,1-3H3. The van der Waals surface area contributed by atoms with E-state index in [2.05, 4.69) is 4.74 Å². The van der Waals surface area contributed by atoms with Gasteiger partial charge in [-0.15, -0.1) is 0 Å². The van der Waals surface area contributed by atoms with Gasteiger partial charge in [0.15, 0.2) is 0 Å². The molecule has 1 aliphatic rings. The Balaban J connectivity index is 2.88. The predicted octanol–water partition coefficient (Wildman–Crippen LogP) is 0.499. The maximum atomic E-state index is 11.5. The zero-order chi connectivity index (χ0) is 12.3. The molecule has 88 valence electrons. The Morgan fingerprint density at radius 1 is 1.31 bits per heavy atom. The van der Waals surface area contributed by atoms with Crippen molar-refractivity contribution >= 4 is 17.8 Å². The summed E-state index contributed by atoms with van der Waals surface area (Å²) in [5.41, 5.74) is 0. The summed E-state index contributed by atoms with van der Waals surface area (Å²) in [7, 11) is 1.24. The van der Waals surface area contributed by atoms with E-state index in [-0.39, 0.29) is 5.92 Å². The van der Waals surface area contributed by atoms with Crippen LogP contribution in [0.25, 0.3) is 0 Å². The minimum Gasteiger partial charge on any atom is -0.467 e. The third-order valence-corrected chi connectivity index (χ3v) is 2.32. The van der Waals surface area contributed by atoms with Crippen LogP contribution in [0.1, 0.15) is 20.3 Å². The van der Waals surface area contributed by atoms with Gasteiger partial charge in [0, 0.05) is 12.2 Å². The number of imide groups is 1. The first-order valence-electron chi connectivity index (χ1n) is 5.10. The highest BCUT2D eigenvalue weighted by Gasteiger charge is 2.36. The molecule has 0 saturated heterocycles. The summed E-state index contributed by atoms with van der Waals surface area (Å²) in [6.45, 7) is 3.82. The molecule has 1 heterocycles. The largest absolute Gasteiger partial charge is 0.467 e. The summed E-state index contributed by atoms with van der Waals surface area (Å²) in [5.74, 6) is -1.29. The van der Waals surface area contributed by atoms with Gasteiger partial charge in [0.05, 0.1) is 7.11 Å². The second-order valence-corrected chi connectivity index (χ2v) is 4.05. The van der Waals surface area contributed by atoms with Crippen LogP contribution in [0.3, 0.4) is 0 Å². The SMILES string of the molecule is COC(=O)C(CC(C)C)N1C(=O)C=CC1=O. The van der Waals surface area contributed by atoms with Gasteiger partial charge in [-0.3, -0.25) is 14.5 Å². The number of nitrogens with zero attached hydrogens (tertiary/aromatic N) is 1. The lowest BCUT2D eigenvalue weighted by Crippen LogP contribution is -2.46. The topological polar surface area (TPSA) is 63.7 Å². The average Bonchev–Trinajstić information content (AvgIpc) is 2.54. The summed E-state index contributed by atoms with van der Waals surface area (Å²) in [4.78, 5) is 35.4. The summed E-state index contributed by atoms with van der Waals surface area (Å²) in [6.07, 6.45) is 2.74. The Kier molecular flexibility index (Phi) is 3.82. The number of carbonyl (C=O) groups excluding carboxylic acids is 3. The molecule has 0 bridgehead atoms. The van der Waals surface area contributed by atoms with Gasteiger partial charge in [-0.2, -0.15) is 0 Å². The van der Waals surface area contributed by atoms with Crippen LogP contribution >= 0.6 is 0 Å². The minimum atomic E-state index is -0.819. The first-order chi connectivity index (χ1) is 7.47. The monoisotopic (exact) mass is 225 g/mol. The summed E-state index contributed by atoms with van der Waals surface area (Å²) in [5, 5.41) is 0. The van der Waals surface area contributed by atoms with Crippen molar-refractivity contribution in [1.82, 2.24) is 4.90 Å². The van der Waals surface area contributed by atoms with Crippen LogP contribution in [0.4, 0.5) is 0 Å². The van der Waals surface area contributed by atoms with Gasteiger partial charge in [-0.1, -0.05) is 13.8 Å². The Morgan fingerprint density at radius 3 is 2.19 bits per heavy atom. The van der Waals surface area contributed by atoms with Crippen molar-refractivity contribution in [2.75, 3.05) is 7.11 Å². The average molecular weight is 225 g/mol. The fraction of sp³-hybridized carbons (Fsp3) is 0.545. The maximum Gasteiger partial charge on any atom is 0.329 e. The molecule has 0 saturated carbocycles. The van der Waals surface area contributed by atoms with Crippen molar-refractivity contribution in [3.63, 3.8) is 0 Å². The van der Waals surface area contributed by atoms with Crippen LogP contribution < -0.4 is 0 Å². The minimum absolute atomic E-state index is 0.185. The van der Waals surface area contributed by atoms with E-state index in [0.717, 1.165) is 4.90 Å². The van der Waals surface area contributed by atoms with E-state index in [1.807, 2.05) is 13.8 Å². The number of esters is 1. The lowest BCUT2D eigenvalue weighted by Gasteiger charge is -2.25. The van der Waals surface area contributed by atoms with Gasteiger partial charge in [-0.25, -0.2) is 4.79 Å². The van der Waals surface area contributed by atoms with E-state index in [9.17, 15) is 14.4 Å². The molecule has 0 aromatic carbocycles. The maximum absolute atomic E-state index is 11.5. The van der Waals surface area contributed by atoms with E-state index in [1.165, 1.54) is 19.3 Å². The number of carbonyl (C=O) groups is 3. The smallest absolute Gasteiger partial charge is 0.329 e.